The summed E-state index contributed by atoms with van der Waals surface area (Å²) in [7, 11) is -1.38. The van der Waals surface area contributed by atoms with Gasteiger partial charge in [0.1, 0.15) is 0 Å². The summed E-state index contributed by atoms with van der Waals surface area (Å²) < 4.78 is 6.25. The minimum atomic E-state index is -1.38. The number of rotatable bonds is 5. The highest BCUT2D eigenvalue weighted by Crippen LogP contribution is 2.55. The van der Waals surface area contributed by atoms with Crippen molar-refractivity contribution in [1.82, 2.24) is 9.97 Å². The molecule has 0 aliphatic rings. The Balaban J connectivity index is 0.00000484. The standard InChI is InChI=1S/C16H29N3O2S.H2/c1-11(2)14(21-22(7,8)16(4,5)6)15(20)19-13-10-17-12(3)9-18-13;/h9-11,14H,1-8H3,(H,18,19,20);1H/t14-;/m0./s1. The van der Waals surface area contributed by atoms with E-state index < -0.39 is 16.4 Å². The van der Waals surface area contributed by atoms with Gasteiger partial charge in [-0.2, -0.15) is 0 Å². The molecule has 1 aromatic heterocycles. The molecule has 1 atom stereocenters. The van der Waals surface area contributed by atoms with Crippen molar-refractivity contribution in [1.29, 1.82) is 0 Å². The first-order chi connectivity index (χ1) is 9.94. The molecule has 0 fully saturated rings. The predicted molar refractivity (Wildman–Crippen MR) is 96.4 cm³/mol. The van der Waals surface area contributed by atoms with Crippen LogP contribution in [-0.2, 0) is 8.98 Å². The van der Waals surface area contributed by atoms with Gasteiger partial charge in [-0.1, -0.05) is 34.6 Å². The van der Waals surface area contributed by atoms with E-state index in [1.165, 1.54) is 0 Å². The predicted octanol–water partition coefficient (Wildman–Crippen LogP) is 3.79. The van der Waals surface area contributed by atoms with Crippen LogP contribution in [0.5, 0.6) is 0 Å². The molecular formula is C16H31N3O2S. The van der Waals surface area contributed by atoms with E-state index in [9.17, 15) is 4.79 Å². The Morgan fingerprint density at radius 2 is 1.86 bits per heavy atom. The zero-order chi connectivity index (χ0) is 17.1. The average Bonchev–Trinajstić information content (AvgIpc) is 2.37. The number of aromatic nitrogens is 2. The zero-order valence-electron chi connectivity index (χ0n) is 14.9. The van der Waals surface area contributed by atoms with Crippen LogP contribution in [0.3, 0.4) is 0 Å². The number of hydrogen-bond acceptors (Lipinski definition) is 4. The fourth-order valence-electron chi connectivity index (χ4n) is 1.52. The number of hydrogen-bond donors (Lipinski definition) is 1. The van der Waals surface area contributed by atoms with E-state index in [1.807, 2.05) is 20.8 Å². The molecular weight excluding hydrogens is 298 g/mol. The van der Waals surface area contributed by atoms with Crippen LogP contribution in [0, 0.1) is 12.8 Å². The molecule has 0 unspecified atom stereocenters. The Morgan fingerprint density at radius 1 is 1.27 bits per heavy atom. The monoisotopic (exact) mass is 329 g/mol. The van der Waals surface area contributed by atoms with Crippen LogP contribution in [0.2, 0.25) is 0 Å². The van der Waals surface area contributed by atoms with Crippen molar-refractivity contribution >= 4 is 22.0 Å². The fourth-order valence-corrected chi connectivity index (χ4v) is 2.63. The number of nitrogens with one attached hydrogen (secondary N) is 1. The number of carbonyl (C=O) groups excluding carboxylic acids is 1. The highest BCUT2D eigenvalue weighted by Gasteiger charge is 2.35. The van der Waals surface area contributed by atoms with Gasteiger partial charge in [0.05, 0.1) is 18.1 Å². The molecule has 128 valence electrons. The average molecular weight is 330 g/mol. The Hall–Kier alpha value is -1.14. The summed E-state index contributed by atoms with van der Waals surface area (Å²) in [5.41, 5.74) is 0.813. The molecule has 1 rings (SSSR count). The largest absolute Gasteiger partial charge is 0.323 e. The third-order valence-corrected chi connectivity index (χ3v) is 7.35. The summed E-state index contributed by atoms with van der Waals surface area (Å²) in [5.74, 6) is 0.360. The van der Waals surface area contributed by atoms with Crippen molar-refractivity contribution in [3.63, 3.8) is 0 Å². The van der Waals surface area contributed by atoms with E-state index in [4.69, 9.17) is 4.18 Å². The summed E-state index contributed by atoms with van der Waals surface area (Å²) >= 11 is 0. The first kappa shape index (κ1) is 18.9. The maximum Gasteiger partial charge on any atom is 0.256 e. The van der Waals surface area contributed by atoms with Gasteiger partial charge in [-0.15, -0.1) is 10.3 Å². The van der Waals surface area contributed by atoms with Gasteiger partial charge in [0.2, 0.25) is 0 Å². The van der Waals surface area contributed by atoms with Gasteiger partial charge in [0, 0.05) is 6.17 Å². The van der Waals surface area contributed by atoms with Gasteiger partial charge in [-0.05, 0) is 25.4 Å². The summed E-state index contributed by atoms with van der Waals surface area (Å²) in [6.45, 7) is 12.3. The molecule has 0 radical (unpaired) electrons. The van der Waals surface area contributed by atoms with Crippen LogP contribution in [0.25, 0.3) is 0 Å². The second-order valence-electron chi connectivity index (χ2n) is 7.14. The summed E-state index contributed by atoms with van der Waals surface area (Å²) in [5, 5.41) is 2.80. The van der Waals surface area contributed by atoms with Gasteiger partial charge >= 0.3 is 0 Å². The van der Waals surface area contributed by atoms with Gasteiger partial charge in [-0.25, -0.2) is 4.98 Å². The molecule has 0 bridgehead atoms. The highest BCUT2D eigenvalue weighted by molar-refractivity contribution is 8.29. The first-order valence-corrected chi connectivity index (χ1v) is 9.82. The first-order valence-electron chi connectivity index (χ1n) is 7.44. The maximum absolute atomic E-state index is 12.6. The van der Waals surface area contributed by atoms with E-state index in [0.717, 1.165) is 5.69 Å². The van der Waals surface area contributed by atoms with Crippen molar-refractivity contribution in [3.05, 3.63) is 18.1 Å². The second-order valence-corrected chi connectivity index (χ2v) is 11.0. The molecule has 0 aliphatic carbocycles. The molecule has 1 heterocycles. The van der Waals surface area contributed by atoms with Gasteiger partial charge in [0.15, 0.2) is 11.9 Å². The van der Waals surface area contributed by atoms with Crippen molar-refractivity contribution in [3.8, 4) is 0 Å². The van der Waals surface area contributed by atoms with E-state index >= 15 is 0 Å². The lowest BCUT2D eigenvalue weighted by Gasteiger charge is -2.46. The number of amides is 1. The molecule has 0 aliphatic heterocycles. The molecule has 0 aromatic carbocycles. The van der Waals surface area contributed by atoms with Gasteiger partial charge in [0.25, 0.3) is 5.91 Å². The second kappa shape index (κ2) is 6.96. The Bertz CT molecular complexity index is 513. The molecule has 22 heavy (non-hydrogen) atoms. The molecule has 0 saturated carbocycles. The lowest BCUT2D eigenvalue weighted by atomic mass is 10.1. The van der Waals surface area contributed by atoms with Crippen LogP contribution in [0.1, 0.15) is 41.7 Å². The van der Waals surface area contributed by atoms with Crippen molar-refractivity contribution < 1.29 is 10.4 Å². The normalized spacial score (nSPS) is 14.8. The third-order valence-electron chi connectivity index (χ3n) is 3.72. The van der Waals surface area contributed by atoms with E-state index in [-0.39, 0.29) is 18.0 Å². The van der Waals surface area contributed by atoms with Crippen LogP contribution in [0.4, 0.5) is 5.82 Å². The fraction of sp³-hybridized carbons (Fsp3) is 0.688. The van der Waals surface area contributed by atoms with Crippen molar-refractivity contribution in [2.24, 2.45) is 5.92 Å². The van der Waals surface area contributed by atoms with Crippen molar-refractivity contribution in [2.45, 2.75) is 52.4 Å². The lowest BCUT2D eigenvalue weighted by molar-refractivity contribution is -0.124. The minimum Gasteiger partial charge on any atom is -0.323 e. The van der Waals surface area contributed by atoms with Crippen LogP contribution in [-0.4, -0.2) is 39.2 Å². The van der Waals surface area contributed by atoms with Crippen molar-refractivity contribution in [2.75, 3.05) is 17.8 Å². The zero-order valence-corrected chi connectivity index (χ0v) is 15.7. The van der Waals surface area contributed by atoms with Gasteiger partial charge < -0.3 is 9.50 Å². The Labute approximate surface area is 137 Å². The molecule has 1 amide bonds. The van der Waals surface area contributed by atoms with Crippen LogP contribution < -0.4 is 5.32 Å². The minimum absolute atomic E-state index is 0. The van der Waals surface area contributed by atoms with Crippen LogP contribution in [0.15, 0.2) is 12.4 Å². The summed E-state index contributed by atoms with van der Waals surface area (Å²) in [4.78, 5) is 20.9. The molecule has 1 N–H and O–H groups in total. The quantitative estimate of drug-likeness (QED) is 0.892. The van der Waals surface area contributed by atoms with Gasteiger partial charge in [-0.3, -0.25) is 9.78 Å². The molecule has 0 spiro atoms. The topological polar surface area (TPSA) is 64.1 Å². The van der Waals surface area contributed by atoms with E-state index in [0.29, 0.717) is 5.82 Å². The number of anilines is 1. The molecule has 6 heteroatoms. The number of carbonyl (C=O) groups is 1. The molecule has 5 nitrogen and oxygen atoms in total. The number of nitrogens with zero attached hydrogens (tertiary/aromatic N) is 2. The smallest absolute Gasteiger partial charge is 0.256 e. The highest BCUT2D eigenvalue weighted by atomic mass is 32.3. The molecule has 0 saturated heterocycles. The lowest BCUT2D eigenvalue weighted by Crippen LogP contribution is -2.39. The summed E-state index contributed by atoms with van der Waals surface area (Å²) in [6.07, 6.45) is 6.88. The Morgan fingerprint density at radius 3 is 2.27 bits per heavy atom. The Kier molecular flexibility index (Phi) is 5.98. The summed E-state index contributed by atoms with van der Waals surface area (Å²) in [6, 6.07) is 0. The molecule has 1 aromatic rings. The third kappa shape index (κ3) is 4.95. The van der Waals surface area contributed by atoms with E-state index in [2.05, 4.69) is 48.6 Å². The SMILES string of the molecule is Cc1cnc(NC(=O)[C@@H](OS(C)(C)C(C)(C)C)C(C)C)cn1.[HH]. The van der Waals surface area contributed by atoms with E-state index in [1.54, 1.807) is 12.4 Å². The van der Waals surface area contributed by atoms with Crippen LogP contribution >= 0.6 is 10.3 Å². The maximum atomic E-state index is 12.6. The number of aryl methyl sites for hydroxylation is 1.